The predicted octanol–water partition coefficient (Wildman–Crippen LogP) is 4.94. The zero-order valence-electron chi connectivity index (χ0n) is 25.6. The molecule has 5 rings (SSSR count). The molecule has 4 aliphatic rings. The molecule has 2 aliphatic heterocycles. The van der Waals surface area contributed by atoms with E-state index < -0.39 is 52.7 Å². The van der Waals surface area contributed by atoms with Crippen molar-refractivity contribution in [3.8, 4) is 5.75 Å². The van der Waals surface area contributed by atoms with Crippen LogP contribution in [-0.4, -0.2) is 70.5 Å². The number of primary amides is 1. The molecule has 0 bridgehead atoms. The number of aliphatic hydroxyl groups excluding tert-OH is 1. The number of ether oxygens (including phenoxy) is 1. The Labute approximate surface area is 250 Å². The molecule has 6 atom stereocenters. The number of aromatic hydroxyl groups is 1. The molecule has 2 aliphatic carbocycles. The van der Waals surface area contributed by atoms with Crippen molar-refractivity contribution >= 4 is 11.7 Å². The number of nitrogens with zero attached hydrogens (tertiary/aromatic N) is 2. The number of phenolic OH excluding ortho intramolecular Hbond substituents is 1. The zero-order chi connectivity index (χ0) is 31.8. The van der Waals surface area contributed by atoms with Crippen molar-refractivity contribution in [2.24, 2.45) is 29.4 Å². The van der Waals surface area contributed by atoms with E-state index in [-0.39, 0.29) is 59.4 Å². The lowest BCUT2D eigenvalue weighted by atomic mass is 9.65. The number of rotatable bonds is 7. The number of hydrogen-bond acceptors (Lipinski definition) is 7. The van der Waals surface area contributed by atoms with E-state index in [1.807, 2.05) is 4.90 Å². The minimum atomic E-state index is -4.74. The number of likely N-dealkylation sites (N-methyl/N-ethyl adjacent to an activating group) is 1. The molecule has 0 spiro atoms. The molecule has 8 nitrogen and oxygen atoms in total. The third-order valence-corrected chi connectivity index (χ3v) is 9.84. The number of piperidine rings is 1. The fraction of sp³-hybridized carbons (Fsp3) is 0.625. The molecule has 2 heterocycles. The Bertz CT molecular complexity index is 1410. The summed E-state index contributed by atoms with van der Waals surface area (Å²) >= 11 is 0. The maximum Gasteiger partial charge on any atom is 0.417 e. The van der Waals surface area contributed by atoms with Gasteiger partial charge in [0.2, 0.25) is 5.91 Å². The van der Waals surface area contributed by atoms with Gasteiger partial charge in [0.25, 0.3) is 0 Å². The number of epoxide rings is 1. The van der Waals surface area contributed by atoms with Gasteiger partial charge in [0, 0.05) is 31.1 Å². The highest BCUT2D eigenvalue weighted by atomic mass is 19.4. The van der Waals surface area contributed by atoms with Crippen LogP contribution in [0.1, 0.15) is 74.0 Å². The molecule has 236 valence electrons. The highest BCUT2D eigenvalue weighted by Crippen LogP contribution is 2.61. The molecule has 1 amide bonds. The van der Waals surface area contributed by atoms with Gasteiger partial charge < -0.3 is 20.7 Å². The van der Waals surface area contributed by atoms with Crippen molar-refractivity contribution in [2.75, 3.05) is 27.2 Å². The first-order valence-electron chi connectivity index (χ1n) is 15.0. The van der Waals surface area contributed by atoms with Crippen molar-refractivity contribution in [3.63, 3.8) is 0 Å². The number of benzene rings is 1. The quantitative estimate of drug-likeness (QED) is 0.229. The van der Waals surface area contributed by atoms with Gasteiger partial charge in [-0.05, 0) is 81.6 Å². The minimum absolute atomic E-state index is 0.0231. The van der Waals surface area contributed by atoms with Crippen molar-refractivity contribution in [3.05, 3.63) is 51.0 Å². The van der Waals surface area contributed by atoms with Gasteiger partial charge in [-0.25, -0.2) is 0 Å². The van der Waals surface area contributed by atoms with E-state index in [1.54, 1.807) is 32.8 Å². The predicted molar refractivity (Wildman–Crippen MR) is 154 cm³/mol. The maximum atomic E-state index is 14.9. The molecular formula is C32H42F3N3O5. The first-order valence-corrected chi connectivity index (χ1v) is 15.0. The monoisotopic (exact) mass is 605 g/mol. The highest BCUT2D eigenvalue weighted by molar-refractivity contribution is 6.14. The number of hydrogen-bond donors (Lipinski definition) is 3. The third kappa shape index (κ3) is 5.32. The number of carbonyl (C=O) groups excluding carboxylic acids is 2. The highest BCUT2D eigenvalue weighted by Gasteiger charge is 2.65. The Morgan fingerprint density at radius 1 is 1.23 bits per heavy atom. The van der Waals surface area contributed by atoms with Crippen molar-refractivity contribution in [1.82, 2.24) is 9.80 Å². The molecule has 1 aromatic rings. The van der Waals surface area contributed by atoms with E-state index in [1.165, 1.54) is 0 Å². The summed E-state index contributed by atoms with van der Waals surface area (Å²) < 4.78 is 50.6. The van der Waals surface area contributed by atoms with Crippen LogP contribution in [0.5, 0.6) is 5.75 Å². The second-order valence-corrected chi connectivity index (χ2v) is 13.4. The van der Waals surface area contributed by atoms with Crippen molar-refractivity contribution in [2.45, 2.75) is 77.7 Å². The summed E-state index contributed by atoms with van der Waals surface area (Å²) in [5.41, 5.74) is 3.56. The third-order valence-electron chi connectivity index (χ3n) is 9.84. The molecule has 11 heteroatoms. The number of nitrogens with two attached hydrogens (primary N) is 1. The summed E-state index contributed by atoms with van der Waals surface area (Å²) in [4.78, 5) is 29.7. The van der Waals surface area contributed by atoms with Gasteiger partial charge in [0.15, 0.2) is 11.4 Å². The van der Waals surface area contributed by atoms with Crippen LogP contribution in [0.25, 0.3) is 0 Å². The summed E-state index contributed by atoms with van der Waals surface area (Å²) in [6, 6.07) is 0.391. The Morgan fingerprint density at radius 3 is 2.40 bits per heavy atom. The van der Waals surface area contributed by atoms with Crippen LogP contribution in [0.3, 0.4) is 0 Å². The van der Waals surface area contributed by atoms with Gasteiger partial charge in [-0.3, -0.25) is 19.4 Å². The SMILES string of the molecule is CC/C(C(N)=O)=C(/O)[C@H]([C@@H]1C[C@@H]2Cc3c(c(O)cc(CN4CC(C)CC(C)C4)c3C(F)(F)F)C(=O)C2=C2O[C@]21C)N(C)C. The van der Waals surface area contributed by atoms with Gasteiger partial charge in [0.05, 0.1) is 22.7 Å². The van der Waals surface area contributed by atoms with Crippen LogP contribution in [0.15, 0.2) is 28.7 Å². The molecule has 2 unspecified atom stereocenters. The van der Waals surface area contributed by atoms with E-state index in [2.05, 4.69) is 13.8 Å². The number of phenols is 1. The second-order valence-electron chi connectivity index (χ2n) is 13.4. The van der Waals surface area contributed by atoms with Crippen LogP contribution in [0, 0.1) is 23.7 Å². The average Bonchev–Trinajstić information content (AvgIpc) is 3.55. The number of carbonyl (C=O) groups is 2. The molecule has 4 N–H and O–H groups in total. The largest absolute Gasteiger partial charge is 0.510 e. The van der Waals surface area contributed by atoms with E-state index in [9.17, 15) is 33.0 Å². The summed E-state index contributed by atoms with van der Waals surface area (Å²) in [5, 5.41) is 22.3. The lowest BCUT2D eigenvalue weighted by Gasteiger charge is -2.40. The number of Topliss-reactive ketones (excluding diaryl/α,β-unsaturated/α-hetero) is 1. The number of amides is 1. The standard InChI is InChI=1S/C32H42F3N3O5/c1-7-19(30(36)42)27(40)26(37(5)6)21-10-17-9-20-24(28(41)23(17)29-31(21,4)43-29)22(39)11-18(25(20)32(33,34)35)14-38-12-15(2)8-16(3)13-38/h11,15-17,21,26,39-40H,7-10,12-14H2,1-6H3,(H2,36,42)/b27-19-/t15?,16?,17-,21-,26-,31-/m0/s1. The van der Waals surface area contributed by atoms with Gasteiger partial charge >= 0.3 is 6.18 Å². The molecule has 0 aromatic heterocycles. The Morgan fingerprint density at radius 2 is 1.86 bits per heavy atom. The number of allylic oxidation sites excluding steroid dienone is 1. The Kier molecular flexibility index (Phi) is 7.91. The van der Waals surface area contributed by atoms with Gasteiger partial charge in [-0.1, -0.05) is 20.8 Å². The molecular weight excluding hydrogens is 563 g/mol. The second kappa shape index (κ2) is 10.8. The summed E-state index contributed by atoms with van der Waals surface area (Å²) in [6.45, 7) is 8.98. The fourth-order valence-corrected chi connectivity index (χ4v) is 8.21. The lowest BCUT2D eigenvalue weighted by molar-refractivity contribution is -0.139. The Balaban J connectivity index is 1.59. The van der Waals surface area contributed by atoms with Crippen LogP contribution >= 0.6 is 0 Å². The van der Waals surface area contributed by atoms with E-state index in [0.717, 1.165) is 12.5 Å². The first-order chi connectivity index (χ1) is 20.0. The number of likely N-dealkylation sites (tertiary alicyclic amines) is 1. The van der Waals surface area contributed by atoms with Crippen LogP contribution in [0.4, 0.5) is 13.2 Å². The van der Waals surface area contributed by atoms with Gasteiger partial charge in [-0.2, -0.15) is 13.2 Å². The minimum Gasteiger partial charge on any atom is -0.510 e. The van der Waals surface area contributed by atoms with Crippen LogP contribution in [0.2, 0.25) is 0 Å². The van der Waals surface area contributed by atoms with Crippen molar-refractivity contribution < 1.29 is 37.7 Å². The normalized spacial score (nSPS) is 30.2. The van der Waals surface area contributed by atoms with Gasteiger partial charge in [0.1, 0.15) is 17.3 Å². The van der Waals surface area contributed by atoms with Crippen LogP contribution in [-0.2, 0) is 28.7 Å². The smallest absolute Gasteiger partial charge is 0.417 e. The number of fused-ring (bicyclic) bond motifs is 3. The first kappa shape index (κ1) is 31.4. The molecule has 1 aromatic carbocycles. The van der Waals surface area contributed by atoms with E-state index in [4.69, 9.17) is 10.5 Å². The molecule has 2 saturated heterocycles. The topological polar surface area (TPSA) is 120 Å². The fourth-order valence-electron chi connectivity index (χ4n) is 8.21. The number of halogens is 3. The summed E-state index contributed by atoms with van der Waals surface area (Å²) in [6.07, 6.45) is -3.42. The molecule has 2 fully saturated rings. The number of aliphatic hydroxyl groups is 1. The number of alkyl halides is 3. The number of ketones is 1. The summed E-state index contributed by atoms with van der Waals surface area (Å²) in [5.74, 6) is -2.11. The Hall–Kier alpha value is -3.05. The lowest BCUT2D eigenvalue weighted by Crippen LogP contribution is -2.47. The molecule has 0 saturated carbocycles. The summed E-state index contributed by atoms with van der Waals surface area (Å²) in [7, 11) is 3.46. The van der Waals surface area contributed by atoms with Crippen LogP contribution < -0.4 is 5.73 Å². The van der Waals surface area contributed by atoms with Crippen molar-refractivity contribution in [1.29, 1.82) is 0 Å². The van der Waals surface area contributed by atoms with E-state index >= 15 is 0 Å². The molecule has 0 radical (unpaired) electrons. The maximum absolute atomic E-state index is 14.9. The average molecular weight is 606 g/mol. The zero-order valence-corrected chi connectivity index (χ0v) is 25.6. The molecule has 43 heavy (non-hydrogen) atoms. The van der Waals surface area contributed by atoms with E-state index in [0.29, 0.717) is 30.7 Å². The van der Waals surface area contributed by atoms with Gasteiger partial charge in [-0.15, -0.1) is 0 Å².